The number of nitrogens with zero attached hydrogens (tertiary/aromatic N) is 2. The van der Waals surface area contributed by atoms with Gasteiger partial charge in [-0.1, -0.05) is 26.7 Å². The van der Waals surface area contributed by atoms with E-state index in [1.165, 1.54) is 44.5 Å². The first-order chi connectivity index (χ1) is 9.33. The maximum atomic E-state index is 4.36. The van der Waals surface area contributed by atoms with Gasteiger partial charge in [0.15, 0.2) is 0 Å². The zero-order valence-corrected chi connectivity index (χ0v) is 12.4. The molecule has 1 saturated heterocycles. The minimum Gasteiger partial charge on any atom is -0.384 e. The maximum absolute atomic E-state index is 4.36. The fourth-order valence-corrected chi connectivity index (χ4v) is 2.85. The van der Waals surface area contributed by atoms with Crippen LogP contribution >= 0.6 is 0 Å². The molecule has 0 spiro atoms. The topological polar surface area (TPSA) is 28.2 Å². The molecule has 0 aliphatic carbocycles. The molecular weight excluding hydrogens is 234 g/mol. The number of hydrogen-bond acceptors (Lipinski definition) is 3. The van der Waals surface area contributed by atoms with Gasteiger partial charge in [-0.05, 0) is 31.2 Å². The first-order valence-electron chi connectivity index (χ1n) is 7.77. The van der Waals surface area contributed by atoms with Crippen molar-refractivity contribution in [3.63, 3.8) is 0 Å². The minimum atomic E-state index is 0.940. The van der Waals surface area contributed by atoms with Crippen LogP contribution in [0.5, 0.6) is 0 Å². The number of hydrogen-bond donors (Lipinski definition) is 1. The van der Waals surface area contributed by atoms with Crippen LogP contribution in [0.3, 0.4) is 0 Å². The van der Waals surface area contributed by atoms with Crippen molar-refractivity contribution >= 4 is 11.4 Å². The summed E-state index contributed by atoms with van der Waals surface area (Å²) < 4.78 is 0. The lowest BCUT2D eigenvalue weighted by Gasteiger charge is -2.33. The summed E-state index contributed by atoms with van der Waals surface area (Å²) in [5, 5.41) is 3.41. The largest absolute Gasteiger partial charge is 0.384 e. The van der Waals surface area contributed by atoms with Crippen molar-refractivity contribution in [1.29, 1.82) is 0 Å². The molecule has 1 N–H and O–H groups in total. The third-order valence-corrected chi connectivity index (χ3v) is 3.98. The zero-order chi connectivity index (χ0) is 13.5. The normalized spacial score (nSPS) is 16.6. The Morgan fingerprint density at radius 3 is 2.68 bits per heavy atom. The van der Waals surface area contributed by atoms with Crippen LogP contribution in [-0.4, -0.2) is 24.6 Å². The van der Waals surface area contributed by atoms with Gasteiger partial charge in [0.2, 0.25) is 0 Å². The van der Waals surface area contributed by atoms with Crippen LogP contribution in [0.25, 0.3) is 0 Å². The molecule has 1 aromatic heterocycles. The van der Waals surface area contributed by atoms with E-state index in [0.29, 0.717) is 0 Å². The number of aromatic nitrogens is 1. The molecule has 0 unspecified atom stereocenters. The summed E-state index contributed by atoms with van der Waals surface area (Å²) in [5.41, 5.74) is 2.42. The summed E-state index contributed by atoms with van der Waals surface area (Å²) in [6, 6.07) is 2.24. The molecule has 3 heteroatoms. The predicted molar refractivity (Wildman–Crippen MR) is 82.9 cm³/mol. The molecule has 1 aliphatic rings. The molecule has 2 rings (SSSR count). The van der Waals surface area contributed by atoms with E-state index in [9.17, 15) is 0 Å². The molecule has 0 radical (unpaired) electrons. The summed E-state index contributed by atoms with van der Waals surface area (Å²) in [6.45, 7) is 7.86. The molecular formula is C16H27N3. The number of anilines is 2. The standard InChI is InChI=1S/C16H27N3/c1-3-5-14-6-9-19(10-7-14)16-11-15(12-17-13-16)18-8-4-2/h11-14,18H,3-10H2,1-2H3. The second kappa shape index (κ2) is 7.37. The van der Waals surface area contributed by atoms with Gasteiger partial charge in [-0.2, -0.15) is 0 Å². The van der Waals surface area contributed by atoms with Gasteiger partial charge in [0.05, 0.1) is 23.8 Å². The highest BCUT2D eigenvalue weighted by Gasteiger charge is 2.18. The van der Waals surface area contributed by atoms with Crippen molar-refractivity contribution in [3.05, 3.63) is 18.5 Å². The van der Waals surface area contributed by atoms with Crippen molar-refractivity contribution in [3.8, 4) is 0 Å². The molecule has 0 saturated carbocycles. The second-order valence-corrected chi connectivity index (χ2v) is 5.58. The van der Waals surface area contributed by atoms with Crippen LogP contribution in [0, 0.1) is 5.92 Å². The monoisotopic (exact) mass is 261 g/mol. The lowest BCUT2D eigenvalue weighted by molar-refractivity contribution is 0.378. The molecule has 0 aromatic carbocycles. The van der Waals surface area contributed by atoms with E-state index in [2.05, 4.69) is 35.1 Å². The first kappa shape index (κ1) is 14.2. The van der Waals surface area contributed by atoms with Gasteiger partial charge in [0.1, 0.15) is 0 Å². The summed E-state index contributed by atoms with van der Waals surface area (Å²) in [7, 11) is 0. The van der Waals surface area contributed by atoms with E-state index in [1.54, 1.807) is 0 Å². The molecule has 0 amide bonds. The van der Waals surface area contributed by atoms with Crippen LogP contribution in [0.15, 0.2) is 18.5 Å². The first-order valence-corrected chi connectivity index (χ1v) is 7.77. The van der Waals surface area contributed by atoms with E-state index in [1.807, 2.05) is 12.4 Å². The molecule has 1 aliphatic heterocycles. The van der Waals surface area contributed by atoms with Gasteiger partial charge < -0.3 is 10.2 Å². The van der Waals surface area contributed by atoms with Crippen LogP contribution in [-0.2, 0) is 0 Å². The highest BCUT2D eigenvalue weighted by molar-refractivity contribution is 5.55. The van der Waals surface area contributed by atoms with Crippen LogP contribution in [0.4, 0.5) is 11.4 Å². The highest BCUT2D eigenvalue weighted by Crippen LogP contribution is 2.26. The quantitative estimate of drug-likeness (QED) is 0.841. The number of rotatable bonds is 6. The third-order valence-electron chi connectivity index (χ3n) is 3.98. The van der Waals surface area contributed by atoms with E-state index in [-0.39, 0.29) is 0 Å². The van der Waals surface area contributed by atoms with Gasteiger partial charge in [-0.15, -0.1) is 0 Å². The Hall–Kier alpha value is -1.25. The Labute approximate surface area is 117 Å². The molecule has 106 valence electrons. The molecule has 0 bridgehead atoms. The van der Waals surface area contributed by atoms with Gasteiger partial charge in [0.25, 0.3) is 0 Å². The van der Waals surface area contributed by atoms with E-state index < -0.39 is 0 Å². The molecule has 3 nitrogen and oxygen atoms in total. The summed E-state index contributed by atoms with van der Waals surface area (Å²) >= 11 is 0. The lowest BCUT2D eigenvalue weighted by Crippen LogP contribution is -2.33. The van der Waals surface area contributed by atoms with Crippen LogP contribution in [0.1, 0.15) is 46.0 Å². The highest BCUT2D eigenvalue weighted by atomic mass is 15.1. The van der Waals surface area contributed by atoms with Crippen LogP contribution in [0.2, 0.25) is 0 Å². The Balaban J connectivity index is 1.91. The van der Waals surface area contributed by atoms with Crippen molar-refractivity contribution in [2.75, 3.05) is 29.9 Å². The molecule has 1 aromatic rings. The minimum absolute atomic E-state index is 0.940. The van der Waals surface area contributed by atoms with Gasteiger partial charge in [-0.25, -0.2) is 0 Å². The summed E-state index contributed by atoms with van der Waals surface area (Å²) in [4.78, 5) is 6.85. The average molecular weight is 261 g/mol. The van der Waals surface area contributed by atoms with Crippen molar-refractivity contribution < 1.29 is 0 Å². The van der Waals surface area contributed by atoms with Crippen molar-refractivity contribution in [1.82, 2.24) is 4.98 Å². The number of piperidine rings is 1. The maximum Gasteiger partial charge on any atom is 0.0573 e. The van der Waals surface area contributed by atoms with Crippen molar-refractivity contribution in [2.45, 2.75) is 46.0 Å². The zero-order valence-electron chi connectivity index (χ0n) is 12.4. The van der Waals surface area contributed by atoms with Gasteiger partial charge in [-0.3, -0.25) is 4.98 Å². The second-order valence-electron chi connectivity index (χ2n) is 5.58. The lowest BCUT2D eigenvalue weighted by atomic mass is 9.92. The molecule has 0 atom stereocenters. The third kappa shape index (κ3) is 4.12. The molecule has 2 heterocycles. The van der Waals surface area contributed by atoms with Gasteiger partial charge >= 0.3 is 0 Å². The van der Waals surface area contributed by atoms with Gasteiger partial charge in [0, 0.05) is 19.6 Å². The Kier molecular flexibility index (Phi) is 5.49. The Morgan fingerprint density at radius 2 is 2.00 bits per heavy atom. The van der Waals surface area contributed by atoms with E-state index in [0.717, 1.165) is 24.6 Å². The Morgan fingerprint density at radius 1 is 1.21 bits per heavy atom. The molecule has 19 heavy (non-hydrogen) atoms. The van der Waals surface area contributed by atoms with E-state index >= 15 is 0 Å². The number of pyridine rings is 1. The summed E-state index contributed by atoms with van der Waals surface area (Å²) in [5.74, 6) is 0.940. The summed E-state index contributed by atoms with van der Waals surface area (Å²) in [6.07, 6.45) is 10.4. The smallest absolute Gasteiger partial charge is 0.0573 e. The predicted octanol–water partition coefficient (Wildman–Crippen LogP) is 3.92. The molecule has 1 fully saturated rings. The number of nitrogens with one attached hydrogen (secondary N) is 1. The fourth-order valence-electron chi connectivity index (χ4n) is 2.85. The fraction of sp³-hybridized carbons (Fsp3) is 0.688. The van der Waals surface area contributed by atoms with Crippen LogP contribution < -0.4 is 10.2 Å². The average Bonchev–Trinajstić information content (AvgIpc) is 2.46. The van der Waals surface area contributed by atoms with Crippen molar-refractivity contribution in [2.24, 2.45) is 5.92 Å². The Bertz CT molecular complexity index is 370. The van der Waals surface area contributed by atoms with E-state index in [4.69, 9.17) is 0 Å². The SMILES string of the molecule is CCCNc1cncc(N2CCC(CCC)CC2)c1.